The predicted molar refractivity (Wildman–Crippen MR) is 72.6 cm³/mol. The van der Waals surface area contributed by atoms with Crippen LogP contribution in [0.25, 0.3) is 0 Å². The predicted octanol–water partition coefficient (Wildman–Crippen LogP) is 1.82. The van der Waals surface area contributed by atoms with E-state index < -0.39 is 11.7 Å². The second-order valence-electron chi connectivity index (χ2n) is 3.82. The number of nitrogens with zero attached hydrogens (tertiary/aromatic N) is 1. The van der Waals surface area contributed by atoms with Crippen molar-refractivity contribution in [1.82, 2.24) is 4.98 Å². The van der Waals surface area contributed by atoms with Gasteiger partial charge in [0.05, 0.1) is 17.4 Å². The summed E-state index contributed by atoms with van der Waals surface area (Å²) < 4.78 is 13.5. The molecule has 1 aromatic heterocycles. The molecule has 1 heterocycles. The highest BCUT2D eigenvalue weighted by atomic mass is 19.1. The van der Waals surface area contributed by atoms with E-state index >= 15 is 0 Å². The van der Waals surface area contributed by atoms with Crippen molar-refractivity contribution in [2.75, 3.05) is 11.9 Å². The summed E-state index contributed by atoms with van der Waals surface area (Å²) in [7, 11) is 0. The van der Waals surface area contributed by atoms with E-state index in [2.05, 4.69) is 22.1 Å². The Kier molecular flexibility index (Phi) is 4.43. The van der Waals surface area contributed by atoms with Gasteiger partial charge in [-0.25, -0.2) is 4.39 Å². The van der Waals surface area contributed by atoms with Crippen molar-refractivity contribution < 1.29 is 14.3 Å². The Bertz CT molecular complexity index is 690. The third-order valence-corrected chi connectivity index (χ3v) is 2.49. The standard InChI is InChI=1S/C15H11FN2O2/c16-13-10-17-8-7-12(13)15(20)18-14-6-2-1-4-11(14)5-3-9-19/h1-2,4,6-8,10,19H,9H2,(H,18,20). The van der Waals surface area contributed by atoms with E-state index in [-0.39, 0.29) is 12.2 Å². The van der Waals surface area contributed by atoms with Gasteiger partial charge in [-0.15, -0.1) is 0 Å². The zero-order valence-electron chi connectivity index (χ0n) is 10.4. The van der Waals surface area contributed by atoms with Gasteiger partial charge in [0.2, 0.25) is 0 Å². The van der Waals surface area contributed by atoms with Crippen LogP contribution >= 0.6 is 0 Å². The second-order valence-corrected chi connectivity index (χ2v) is 3.82. The molecule has 0 saturated carbocycles. The molecule has 0 aliphatic heterocycles. The summed E-state index contributed by atoms with van der Waals surface area (Å²) in [6.45, 7) is -0.277. The normalized spacial score (nSPS) is 9.50. The number of aliphatic hydroxyl groups is 1. The zero-order chi connectivity index (χ0) is 14.4. The smallest absolute Gasteiger partial charge is 0.258 e. The van der Waals surface area contributed by atoms with E-state index in [4.69, 9.17) is 5.11 Å². The number of carbonyl (C=O) groups is 1. The number of aromatic nitrogens is 1. The van der Waals surface area contributed by atoms with Gasteiger partial charge in [-0.05, 0) is 18.2 Å². The molecular weight excluding hydrogens is 259 g/mol. The van der Waals surface area contributed by atoms with E-state index in [1.807, 2.05) is 0 Å². The highest BCUT2D eigenvalue weighted by molar-refractivity contribution is 6.05. The minimum atomic E-state index is -0.691. The molecule has 0 saturated heterocycles. The number of rotatable bonds is 2. The SMILES string of the molecule is O=C(Nc1ccccc1C#CCO)c1ccncc1F. The molecule has 0 aliphatic rings. The summed E-state index contributed by atoms with van der Waals surface area (Å²) in [6, 6.07) is 8.12. The van der Waals surface area contributed by atoms with Gasteiger partial charge in [-0.2, -0.15) is 0 Å². The van der Waals surface area contributed by atoms with Crippen LogP contribution in [0.5, 0.6) is 0 Å². The number of aliphatic hydroxyl groups excluding tert-OH is 1. The van der Waals surface area contributed by atoms with Crippen molar-refractivity contribution in [3.05, 3.63) is 59.7 Å². The highest BCUT2D eigenvalue weighted by Gasteiger charge is 2.12. The molecule has 0 bridgehead atoms. The summed E-state index contributed by atoms with van der Waals surface area (Å²) in [6.07, 6.45) is 2.32. The zero-order valence-corrected chi connectivity index (χ0v) is 10.4. The van der Waals surface area contributed by atoms with E-state index in [1.165, 1.54) is 12.3 Å². The van der Waals surface area contributed by atoms with Crippen LogP contribution in [0.3, 0.4) is 0 Å². The lowest BCUT2D eigenvalue weighted by atomic mass is 10.1. The lowest BCUT2D eigenvalue weighted by Gasteiger charge is -2.07. The van der Waals surface area contributed by atoms with Crippen molar-refractivity contribution in [3.8, 4) is 11.8 Å². The van der Waals surface area contributed by atoms with Gasteiger partial charge < -0.3 is 10.4 Å². The minimum Gasteiger partial charge on any atom is -0.384 e. The van der Waals surface area contributed by atoms with Crippen LogP contribution in [0.4, 0.5) is 10.1 Å². The van der Waals surface area contributed by atoms with Gasteiger partial charge >= 0.3 is 0 Å². The number of hydrogen-bond donors (Lipinski definition) is 2. The first-order valence-electron chi connectivity index (χ1n) is 5.82. The van der Waals surface area contributed by atoms with Crippen LogP contribution in [-0.2, 0) is 0 Å². The van der Waals surface area contributed by atoms with Crippen LogP contribution in [0.2, 0.25) is 0 Å². The molecule has 0 unspecified atom stereocenters. The summed E-state index contributed by atoms with van der Waals surface area (Å²) >= 11 is 0. The first-order valence-corrected chi connectivity index (χ1v) is 5.82. The van der Waals surface area contributed by atoms with Crippen LogP contribution in [0.15, 0.2) is 42.7 Å². The average molecular weight is 270 g/mol. The van der Waals surface area contributed by atoms with Gasteiger partial charge in [-0.1, -0.05) is 24.0 Å². The summed E-state index contributed by atoms with van der Waals surface area (Å²) in [5.74, 6) is 3.94. The molecule has 0 fully saturated rings. The Morgan fingerprint density at radius 3 is 2.90 bits per heavy atom. The fourth-order valence-corrected chi connectivity index (χ4v) is 1.58. The lowest BCUT2D eigenvalue weighted by molar-refractivity contribution is 0.102. The molecule has 100 valence electrons. The van der Waals surface area contributed by atoms with Crippen LogP contribution in [0.1, 0.15) is 15.9 Å². The summed E-state index contributed by atoms with van der Waals surface area (Å²) in [4.78, 5) is 15.6. The molecule has 2 rings (SSSR count). The molecule has 5 heteroatoms. The van der Waals surface area contributed by atoms with Gasteiger partial charge in [0.15, 0.2) is 5.82 Å². The highest BCUT2D eigenvalue weighted by Crippen LogP contribution is 2.15. The molecule has 2 N–H and O–H groups in total. The van der Waals surface area contributed by atoms with Gasteiger partial charge in [0.25, 0.3) is 5.91 Å². The van der Waals surface area contributed by atoms with Crippen molar-refractivity contribution in [1.29, 1.82) is 0 Å². The Labute approximate surface area is 115 Å². The largest absolute Gasteiger partial charge is 0.384 e. The number of carbonyl (C=O) groups excluding carboxylic acids is 1. The summed E-state index contributed by atoms with van der Waals surface area (Å²) in [5, 5.41) is 11.3. The first-order chi connectivity index (χ1) is 9.72. The molecule has 0 atom stereocenters. The number of nitrogens with one attached hydrogen (secondary N) is 1. The number of anilines is 1. The Morgan fingerprint density at radius 2 is 2.15 bits per heavy atom. The number of hydrogen-bond acceptors (Lipinski definition) is 3. The van der Waals surface area contributed by atoms with Crippen LogP contribution in [-0.4, -0.2) is 22.6 Å². The molecular formula is C15H11FN2O2. The second kappa shape index (κ2) is 6.45. The number of amides is 1. The van der Waals surface area contributed by atoms with Crippen molar-refractivity contribution in [2.45, 2.75) is 0 Å². The molecule has 0 spiro atoms. The molecule has 0 radical (unpaired) electrons. The molecule has 0 aliphatic carbocycles. The monoisotopic (exact) mass is 270 g/mol. The minimum absolute atomic E-state index is 0.0927. The fourth-order valence-electron chi connectivity index (χ4n) is 1.58. The van der Waals surface area contributed by atoms with E-state index in [0.29, 0.717) is 11.3 Å². The van der Waals surface area contributed by atoms with Crippen LogP contribution in [0, 0.1) is 17.7 Å². The average Bonchev–Trinajstić information content (AvgIpc) is 2.46. The van der Waals surface area contributed by atoms with Crippen LogP contribution < -0.4 is 5.32 Å². The first kappa shape index (κ1) is 13.7. The number of para-hydroxylation sites is 1. The third kappa shape index (κ3) is 3.19. The van der Waals surface area contributed by atoms with Gasteiger partial charge in [0, 0.05) is 11.8 Å². The molecule has 4 nitrogen and oxygen atoms in total. The topological polar surface area (TPSA) is 62.2 Å². The maximum atomic E-state index is 13.5. The van der Waals surface area contributed by atoms with Crippen molar-refractivity contribution >= 4 is 11.6 Å². The maximum absolute atomic E-state index is 13.5. The van der Waals surface area contributed by atoms with Crippen molar-refractivity contribution in [2.24, 2.45) is 0 Å². The molecule has 2 aromatic rings. The Balaban J connectivity index is 2.27. The number of benzene rings is 1. The van der Waals surface area contributed by atoms with E-state index in [0.717, 1.165) is 6.20 Å². The maximum Gasteiger partial charge on any atom is 0.258 e. The molecule has 1 aromatic carbocycles. The Morgan fingerprint density at radius 1 is 1.35 bits per heavy atom. The molecule has 1 amide bonds. The van der Waals surface area contributed by atoms with E-state index in [9.17, 15) is 9.18 Å². The van der Waals surface area contributed by atoms with E-state index in [1.54, 1.807) is 24.3 Å². The van der Waals surface area contributed by atoms with Gasteiger partial charge in [0.1, 0.15) is 6.61 Å². The van der Waals surface area contributed by atoms with Gasteiger partial charge in [-0.3, -0.25) is 9.78 Å². The fraction of sp³-hybridized carbons (Fsp3) is 0.0667. The third-order valence-electron chi connectivity index (χ3n) is 2.49. The summed E-state index contributed by atoms with van der Waals surface area (Å²) in [5.41, 5.74) is 0.906. The number of halogens is 1. The quantitative estimate of drug-likeness (QED) is 0.818. The lowest BCUT2D eigenvalue weighted by Crippen LogP contribution is -2.14. The Hall–Kier alpha value is -2.71. The van der Waals surface area contributed by atoms with Crippen molar-refractivity contribution in [3.63, 3.8) is 0 Å². The molecule has 20 heavy (non-hydrogen) atoms. The number of pyridine rings is 1.